The first-order valence-corrected chi connectivity index (χ1v) is 7.25. The number of hydrogen-bond donors (Lipinski definition) is 1. The van der Waals surface area contributed by atoms with E-state index in [0.29, 0.717) is 0 Å². The van der Waals surface area contributed by atoms with E-state index in [9.17, 15) is 4.79 Å². The third-order valence-electron chi connectivity index (χ3n) is 3.56. The summed E-state index contributed by atoms with van der Waals surface area (Å²) >= 11 is 3.50. The van der Waals surface area contributed by atoms with Gasteiger partial charge in [-0.3, -0.25) is 4.79 Å². The zero-order valence-electron chi connectivity index (χ0n) is 11.3. The normalized spacial score (nSPS) is 10.9. The number of H-pyrrole nitrogens is 1. The Kier molecular flexibility index (Phi) is 3.22. The van der Waals surface area contributed by atoms with Gasteiger partial charge in [0.1, 0.15) is 0 Å². The third-order valence-corrected chi connectivity index (χ3v) is 4.05. The van der Waals surface area contributed by atoms with Crippen LogP contribution < -0.4 is 5.56 Å². The summed E-state index contributed by atoms with van der Waals surface area (Å²) in [7, 11) is 0. The van der Waals surface area contributed by atoms with Gasteiger partial charge >= 0.3 is 0 Å². The highest BCUT2D eigenvalue weighted by Crippen LogP contribution is 2.32. The van der Waals surface area contributed by atoms with E-state index in [1.807, 2.05) is 24.3 Å². The maximum atomic E-state index is 11.9. The highest BCUT2D eigenvalue weighted by Gasteiger charge is 2.11. The van der Waals surface area contributed by atoms with E-state index in [2.05, 4.69) is 46.9 Å². The van der Waals surface area contributed by atoms with Gasteiger partial charge in [0.2, 0.25) is 5.56 Å². The van der Waals surface area contributed by atoms with E-state index in [1.165, 1.54) is 11.1 Å². The van der Waals surface area contributed by atoms with Gasteiger partial charge in [0.25, 0.3) is 0 Å². The van der Waals surface area contributed by atoms with Crippen molar-refractivity contribution in [2.75, 3.05) is 0 Å². The average Bonchev–Trinajstić information content (AvgIpc) is 2.39. The van der Waals surface area contributed by atoms with Gasteiger partial charge in [0, 0.05) is 21.4 Å². The maximum absolute atomic E-state index is 11.9. The average molecular weight is 328 g/mol. The van der Waals surface area contributed by atoms with Crippen molar-refractivity contribution in [1.29, 1.82) is 0 Å². The summed E-state index contributed by atoms with van der Waals surface area (Å²) in [6, 6.07) is 13.8. The second-order valence-electron chi connectivity index (χ2n) is 5.00. The Balaban J connectivity index is 2.47. The SMILES string of the molecule is Cc1cccc(C)c1-c1cc(=O)[nH]c2ccc(Br)cc12. The lowest BCUT2D eigenvalue weighted by Crippen LogP contribution is -2.05. The zero-order valence-corrected chi connectivity index (χ0v) is 12.9. The van der Waals surface area contributed by atoms with E-state index in [1.54, 1.807) is 6.07 Å². The summed E-state index contributed by atoms with van der Waals surface area (Å²) in [4.78, 5) is 14.8. The topological polar surface area (TPSA) is 32.9 Å². The molecule has 0 radical (unpaired) electrons. The molecule has 1 aromatic heterocycles. The highest BCUT2D eigenvalue weighted by atomic mass is 79.9. The van der Waals surface area contributed by atoms with Crippen LogP contribution >= 0.6 is 15.9 Å². The minimum Gasteiger partial charge on any atom is -0.322 e. The monoisotopic (exact) mass is 327 g/mol. The summed E-state index contributed by atoms with van der Waals surface area (Å²) in [6.45, 7) is 4.15. The van der Waals surface area contributed by atoms with Crippen LogP contribution in [-0.4, -0.2) is 4.98 Å². The van der Waals surface area contributed by atoms with Crippen molar-refractivity contribution < 1.29 is 0 Å². The van der Waals surface area contributed by atoms with Gasteiger partial charge < -0.3 is 4.98 Å². The molecule has 0 saturated carbocycles. The Morgan fingerprint density at radius 2 is 1.70 bits per heavy atom. The lowest BCUT2D eigenvalue weighted by Gasteiger charge is -2.12. The van der Waals surface area contributed by atoms with Crippen molar-refractivity contribution in [3.8, 4) is 11.1 Å². The fourth-order valence-electron chi connectivity index (χ4n) is 2.67. The molecule has 1 N–H and O–H groups in total. The summed E-state index contributed by atoms with van der Waals surface area (Å²) in [5.74, 6) is 0. The lowest BCUT2D eigenvalue weighted by atomic mass is 9.93. The predicted molar refractivity (Wildman–Crippen MR) is 87.2 cm³/mol. The molecule has 0 saturated heterocycles. The first kappa shape index (κ1) is 13.1. The molecular formula is C17H14BrNO. The first-order valence-electron chi connectivity index (χ1n) is 6.45. The molecule has 0 atom stereocenters. The van der Waals surface area contributed by atoms with Crippen LogP contribution in [0.4, 0.5) is 0 Å². The fraction of sp³-hybridized carbons (Fsp3) is 0.118. The first-order chi connectivity index (χ1) is 9.56. The molecule has 20 heavy (non-hydrogen) atoms. The minimum absolute atomic E-state index is 0.0718. The van der Waals surface area contributed by atoms with E-state index in [-0.39, 0.29) is 5.56 Å². The van der Waals surface area contributed by atoms with Crippen LogP contribution in [0.3, 0.4) is 0 Å². The number of hydrogen-bond acceptors (Lipinski definition) is 1. The van der Waals surface area contributed by atoms with Crippen LogP contribution in [0.15, 0.2) is 51.7 Å². The molecular weight excluding hydrogens is 314 g/mol. The zero-order chi connectivity index (χ0) is 14.3. The Hall–Kier alpha value is -1.87. The van der Waals surface area contributed by atoms with Crippen molar-refractivity contribution in [3.63, 3.8) is 0 Å². The molecule has 0 unspecified atom stereocenters. The number of fused-ring (bicyclic) bond motifs is 1. The van der Waals surface area contributed by atoms with Gasteiger partial charge in [-0.15, -0.1) is 0 Å². The lowest BCUT2D eigenvalue weighted by molar-refractivity contribution is 1.29. The van der Waals surface area contributed by atoms with E-state index in [4.69, 9.17) is 0 Å². The molecule has 1 heterocycles. The van der Waals surface area contributed by atoms with Crippen molar-refractivity contribution in [2.24, 2.45) is 0 Å². The van der Waals surface area contributed by atoms with Crippen molar-refractivity contribution in [1.82, 2.24) is 4.98 Å². The van der Waals surface area contributed by atoms with Crippen LogP contribution in [0.5, 0.6) is 0 Å². The van der Waals surface area contributed by atoms with Crippen LogP contribution in [0.25, 0.3) is 22.0 Å². The molecule has 0 aliphatic rings. The molecule has 0 spiro atoms. The summed E-state index contributed by atoms with van der Waals surface area (Å²) in [5.41, 5.74) is 5.27. The van der Waals surface area contributed by atoms with Gasteiger partial charge in [0.15, 0.2) is 0 Å². The summed E-state index contributed by atoms with van der Waals surface area (Å²) < 4.78 is 1.00. The molecule has 3 aromatic rings. The third kappa shape index (κ3) is 2.18. The van der Waals surface area contributed by atoms with Crippen molar-refractivity contribution in [2.45, 2.75) is 13.8 Å². The van der Waals surface area contributed by atoms with Gasteiger partial charge in [-0.1, -0.05) is 34.1 Å². The number of aromatic nitrogens is 1. The van der Waals surface area contributed by atoms with Crippen LogP contribution in [-0.2, 0) is 0 Å². The Morgan fingerprint density at radius 3 is 2.40 bits per heavy atom. The predicted octanol–water partition coefficient (Wildman–Crippen LogP) is 4.57. The second-order valence-corrected chi connectivity index (χ2v) is 5.92. The number of pyridine rings is 1. The smallest absolute Gasteiger partial charge is 0.249 e. The quantitative estimate of drug-likeness (QED) is 0.697. The molecule has 100 valence electrons. The number of rotatable bonds is 1. The van der Waals surface area contributed by atoms with E-state index >= 15 is 0 Å². The molecule has 2 aromatic carbocycles. The molecule has 0 aliphatic heterocycles. The van der Waals surface area contributed by atoms with Crippen molar-refractivity contribution in [3.05, 3.63) is 68.4 Å². The maximum Gasteiger partial charge on any atom is 0.249 e. The van der Waals surface area contributed by atoms with Crippen LogP contribution in [0, 0.1) is 13.8 Å². The number of aryl methyl sites for hydroxylation is 2. The molecule has 3 heteroatoms. The fourth-order valence-corrected chi connectivity index (χ4v) is 3.03. The Labute approximate surface area is 125 Å². The Bertz CT molecular complexity index is 844. The van der Waals surface area contributed by atoms with Gasteiger partial charge in [-0.05, 0) is 54.3 Å². The number of benzene rings is 2. The van der Waals surface area contributed by atoms with E-state index < -0.39 is 0 Å². The molecule has 2 nitrogen and oxygen atoms in total. The molecule has 3 rings (SSSR count). The summed E-state index contributed by atoms with van der Waals surface area (Å²) in [6.07, 6.45) is 0. The van der Waals surface area contributed by atoms with Crippen molar-refractivity contribution >= 4 is 26.8 Å². The standard InChI is InChI=1S/C17H14BrNO/c1-10-4-3-5-11(2)17(10)14-9-16(20)19-15-7-6-12(18)8-13(14)15/h3-9H,1-2H3,(H,19,20). The summed E-state index contributed by atoms with van der Waals surface area (Å²) in [5, 5.41) is 1.05. The van der Waals surface area contributed by atoms with Gasteiger partial charge in [-0.2, -0.15) is 0 Å². The molecule has 0 fully saturated rings. The molecule has 0 amide bonds. The highest BCUT2D eigenvalue weighted by molar-refractivity contribution is 9.10. The van der Waals surface area contributed by atoms with Gasteiger partial charge in [0.05, 0.1) is 0 Å². The number of halogens is 1. The molecule has 0 aliphatic carbocycles. The van der Waals surface area contributed by atoms with E-state index in [0.717, 1.165) is 26.5 Å². The number of nitrogens with one attached hydrogen (secondary N) is 1. The largest absolute Gasteiger partial charge is 0.322 e. The second kappa shape index (κ2) is 4.91. The minimum atomic E-state index is -0.0718. The number of aromatic amines is 1. The Morgan fingerprint density at radius 1 is 1.00 bits per heavy atom. The van der Waals surface area contributed by atoms with Crippen LogP contribution in [0.2, 0.25) is 0 Å². The van der Waals surface area contributed by atoms with Gasteiger partial charge in [-0.25, -0.2) is 0 Å². The molecule has 0 bridgehead atoms. The van der Waals surface area contributed by atoms with Crippen LogP contribution in [0.1, 0.15) is 11.1 Å².